The minimum absolute atomic E-state index is 0.0933. The smallest absolute Gasteiger partial charge is 0.293 e. The van der Waals surface area contributed by atoms with Crippen LogP contribution in [0.15, 0.2) is 29.3 Å². The first kappa shape index (κ1) is 15.1. The third-order valence-electron chi connectivity index (χ3n) is 2.86. The maximum Gasteiger partial charge on any atom is 0.293 e. The second-order valence-corrected chi connectivity index (χ2v) is 7.30. The molecule has 4 nitrogen and oxygen atoms in total. The van der Waals surface area contributed by atoms with Gasteiger partial charge in [0.15, 0.2) is 5.82 Å². The number of hydrogen-bond donors (Lipinski definition) is 1. The molecule has 20 heavy (non-hydrogen) atoms. The fourth-order valence-corrected chi connectivity index (χ4v) is 2.94. The number of halogens is 1. The number of rotatable bonds is 4. The molecular formula is C14H18ClN3OS. The van der Waals surface area contributed by atoms with Crippen LogP contribution in [0.4, 0.5) is 5.82 Å². The van der Waals surface area contributed by atoms with Crippen LogP contribution >= 0.6 is 22.9 Å². The fourth-order valence-electron chi connectivity index (χ4n) is 1.85. The van der Waals surface area contributed by atoms with Gasteiger partial charge in [-0.2, -0.15) is 0 Å². The molecule has 0 bridgehead atoms. The molecule has 0 unspecified atom stereocenters. The Morgan fingerprint density at radius 3 is 2.75 bits per heavy atom. The summed E-state index contributed by atoms with van der Waals surface area (Å²) in [5.41, 5.74) is -0.346. The van der Waals surface area contributed by atoms with E-state index in [-0.39, 0.29) is 11.1 Å². The van der Waals surface area contributed by atoms with Gasteiger partial charge in [0.25, 0.3) is 5.56 Å². The van der Waals surface area contributed by atoms with E-state index in [1.165, 1.54) is 4.88 Å². The molecule has 0 aromatic carbocycles. The van der Waals surface area contributed by atoms with Crippen molar-refractivity contribution in [2.75, 3.05) is 11.9 Å². The van der Waals surface area contributed by atoms with Gasteiger partial charge >= 0.3 is 0 Å². The van der Waals surface area contributed by atoms with E-state index in [0.717, 1.165) is 10.8 Å². The van der Waals surface area contributed by atoms with Gasteiger partial charge in [-0.15, -0.1) is 11.3 Å². The summed E-state index contributed by atoms with van der Waals surface area (Å²) in [5, 5.41) is 3.10. The molecule has 6 heteroatoms. The van der Waals surface area contributed by atoms with Gasteiger partial charge in [0.2, 0.25) is 0 Å². The molecule has 0 spiro atoms. The lowest BCUT2D eigenvalue weighted by atomic mass is 10.1. The van der Waals surface area contributed by atoms with E-state index < -0.39 is 0 Å². The number of aromatic nitrogens is 2. The average Bonchev–Trinajstić information content (AvgIpc) is 2.76. The van der Waals surface area contributed by atoms with E-state index in [2.05, 4.69) is 10.3 Å². The summed E-state index contributed by atoms with van der Waals surface area (Å²) < 4.78 is 2.47. The summed E-state index contributed by atoms with van der Waals surface area (Å²) in [6, 6.07) is 3.88. The maximum atomic E-state index is 12.3. The summed E-state index contributed by atoms with van der Waals surface area (Å²) in [7, 11) is 0. The predicted molar refractivity (Wildman–Crippen MR) is 85.0 cm³/mol. The van der Waals surface area contributed by atoms with E-state index in [1.54, 1.807) is 28.3 Å². The van der Waals surface area contributed by atoms with Crippen LogP contribution in [0.25, 0.3) is 0 Å². The van der Waals surface area contributed by atoms with Gasteiger partial charge in [0, 0.05) is 29.4 Å². The van der Waals surface area contributed by atoms with Crippen molar-refractivity contribution in [3.05, 3.63) is 44.1 Å². The standard InChI is InChI=1S/C14H18ClN3OS/c1-14(2,3)18-9-8-17-12(13(18)19)16-7-6-10-4-5-11(15)20-10/h4-5,8-9H,6-7H2,1-3H3,(H,16,17). The van der Waals surface area contributed by atoms with Crippen LogP contribution in [0.1, 0.15) is 25.6 Å². The van der Waals surface area contributed by atoms with Crippen LogP contribution in [-0.4, -0.2) is 16.1 Å². The molecule has 1 N–H and O–H groups in total. The fraction of sp³-hybridized carbons (Fsp3) is 0.429. The summed E-state index contributed by atoms with van der Waals surface area (Å²) in [6.07, 6.45) is 4.19. The molecule has 0 amide bonds. The van der Waals surface area contributed by atoms with Crippen molar-refractivity contribution < 1.29 is 0 Å². The topological polar surface area (TPSA) is 46.9 Å². The molecule has 0 atom stereocenters. The zero-order valence-electron chi connectivity index (χ0n) is 11.8. The Morgan fingerprint density at radius 1 is 1.40 bits per heavy atom. The largest absolute Gasteiger partial charge is 0.365 e. The molecule has 2 aromatic rings. The number of hydrogen-bond acceptors (Lipinski definition) is 4. The van der Waals surface area contributed by atoms with E-state index in [9.17, 15) is 4.79 Å². The van der Waals surface area contributed by atoms with Crippen LogP contribution in [0.3, 0.4) is 0 Å². The Hall–Kier alpha value is -1.33. The van der Waals surface area contributed by atoms with Gasteiger partial charge < -0.3 is 9.88 Å². The summed E-state index contributed by atoms with van der Waals surface area (Å²) in [6.45, 7) is 6.64. The highest BCUT2D eigenvalue weighted by Crippen LogP contribution is 2.21. The molecule has 2 heterocycles. The highest BCUT2D eigenvalue weighted by atomic mass is 35.5. The number of nitrogens with zero attached hydrogens (tertiary/aromatic N) is 2. The van der Waals surface area contributed by atoms with Crippen molar-refractivity contribution in [2.45, 2.75) is 32.7 Å². The first-order chi connectivity index (χ1) is 9.38. The average molecular weight is 312 g/mol. The van der Waals surface area contributed by atoms with Gasteiger partial charge in [-0.1, -0.05) is 11.6 Å². The van der Waals surface area contributed by atoms with E-state index in [1.807, 2.05) is 32.9 Å². The van der Waals surface area contributed by atoms with Crippen LogP contribution in [-0.2, 0) is 12.0 Å². The molecule has 0 saturated heterocycles. The highest BCUT2D eigenvalue weighted by Gasteiger charge is 2.16. The molecule has 0 saturated carbocycles. The molecule has 0 aliphatic carbocycles. The van der Waals surface area contributed by atoms with E-state index >= 15 is 0 Å². The van der Waals surface area contributed by atoms with Crippen molar-refractivity contribution in [3.63, 3.8) is 0 Å². The third-order valence-corrected chi connectivity index (χ3v) is 4.15. The SMILES string of the molecule is CC(C)(C)n1ccnc(NCCc2ccc(Cl)s2)c1=O. The van der Waals surface area contributed by atoms with Crippen molar-refractivity contribution in [1.82, 2.24) is 9.55 Å². The van der Waals surface area contributed by atoms with Gasteiger partial charge in [-0.3, -0.25) is 4.79 Å². The highest BCUT2D eigenvalue weighted by molar-refractivity contribution is 7.16. The monoisotopic (exact) mass is 311 g/mol. The van der Waals surface area contributed by atoms with Gasteiger partial charge in [0.1, 0.15) is 0 Å². The Bertz CT molecular complexity index is 642. The molecule has 2 rings (SSSR count). The van der Waals surface area contributed by atoms with Crippen LogP contribution in [0.5, 0.6) is 0 Å². The quantitative estimate of drug-likeness (QED) is 0.941. The van der Waals surface area contributed by atoms with Crippen LogP contribution < -0.4 is 10.9 Å². The van der Waals surface area contributed by atoms with Gasteiger partial charge in [0.05, 0.1) is 4.34 Å². The minimum atomic E-state index is -0.252. The van der Waals surface area contributed by atoms with Gasteiger partial charge in [-0.05, 0) is 39.3 Å². The van der Waals surface area contributed by atoms with Crippen molar-refractivity contribution in [3.8, 4) is 0 Å². The summed E-state index contributed by atoms with van der Waals surface area (Å²) in [5.74, 6) is 0.394. The van der Waals surface area contributed by atoms with E-state index in [0.29, 0.717) is 12.4 Å². The van der Waals surface area contributed by atoms with Crippen molar-refractivity contribution >= 4 is 28.8 Å². The Kier molecular flexibility index (Phi) is 4.50. The predicted octanol–water partition coefficient (Wildman–Crippen LogP) is 3.37. The van der Waals surface area contributed by atoms with Gasteiger partial charge in [-0.25, -0.2) is 4.98 Å². The van der Waals surface area contributed by atoms with Crippen LogP contribution in [0, 0.1) is 0 Å². The molecule has 108 valence electrons. The normalized spacial score (nSPS) is 11.6. The number of nitrogens with one attached hydrogen (secondary N) is 1. The third kappa shape index (κ3) is 3.61. The zero-order chi connectivity index (χ0) is 14.8. The molecular weight excluding hydrogens is 294 g/mol. The lowest BCUT2D eigenvalue weighted by Crippen LogP contribution is -2.35. The summed E-state index contributed by atoms with van der Waals surface area (Å²) in [4.78, 5) is 17.6. The first-order valence-corrected chi connectivity index (χ1v) is 7.63. The summed E-state index contributed by atoms with van der Waals surface area (Å²) >= 11 is 7.44. The minimum Gasteiger partial charge on any atom is -0.365 e. The zero-order valence-corrected chi connectivity index (χ0v) is 13.4. The Labute approximate surface area is 127 Å². The molecule has 0 fully saturated rings. The maximum absolute atomic E-state index is 12.3. The van der Waals surface area contributed by atoms with E-state index in [4.69, 9.17) is 11.6 Å². The molecule has 0 aliphatic heterocycles. The number of anilines is 1. The lowest BCUT2D eigenvalue weighted by molar-refractivity contribution is 0.383. The van der Waals surface area contributed by atoms with Crippen molar-refractivity contribution in [1.29, 1.82) is 0 Å². The Balaban J connectivity index is 2.05. The molecule has 0 radical (unpaired) electrons. The van der Waals surface area contributed by atoms with Crippen molar-refractivity contribution in [2.24, 2.45) is 0 Å². The second kappa shape index (κ2) is 5.97. The Morgan fingerprint density at radius 2 is 2.15 bits per heavy atom. The second-order valence-electron chi connectivity index (χ2n) is 5.50. The lowest BCUT2D eigenvalue weighted by Gasteiger charge is -2.22. The first-order valence-electron chi connectivity index (χ1n) is 6.44. The molecule has 2 aromatic heterocycles. The number of thiophene rings is 1. The van der Waals surface area contributed by atoms with Crippen LogP contribution in [0.2, 0.25) is 4.34 Å². The molecule has 0 aliphatic rings.